The molecule has 20 heavy (non-hydrogen) atoms. The number of nitrogen functional groups attached to an aromatic ring is 1. The van der Waals surface area contributed by atoms with E-state index < -0.39 is 0 Å². The maximum atomic E-state index is 12.9. The van der Waals surface area contributed by atoms with Crippen LogP contribution < -0.4 is 5.73 Å². The summed E-state index contributed by atoms with van der Waals surface area (Å²) in [4.78, 5) is 15.1. The number of carbonyl (C=O) groups is 1. The third-order valence-corrected chi connectivity index (χ3v) is 6.49. The smallest absolute Gasteiger partial charge is 0.255 e. The Balaban J connectivity index is 1.59. The average molecular weight is 268 g/mol. The highest BCUT2D eigenvalue weighted by Gasteiger charge is 2.62. The summed E-state index contributed by atoms with van der Waals surface area (Å²) in [5.74, 6) is 2.74. The van der Waals surface area contributed by atoms with Crippen LogP contribution >= 0.6 is 0 Å². The average Bonchev–Trinajstić information content (AvgIpc) is 2.97. The van der Waals surface area contributed by atoms with Gasteiger partial charge in [0, 0.05) is 28.9 Å². The Morgan fingerprint density at radius 3 is 2.60 bits per heavy atom. The highest BCUT2D eigenvalue weighted by atomic mass is 16.2. The minimum absolute atomic E-state index is 0.177. The molecule has 3 nitrogen and oxygen atoms in total. The maximum absolute atomic E-state index is 12.9. The Labute approximate surface area is 119 Å². The van der Waals surface area contributed by atoms with Crippen LogP contribution in [0.25, 0.3) is 0 Å². The molecule has 1 aromatic rings. The summed E-state index contributed by atoms with van der Waals surface area (Å²) >= 11 is 0. The fraction of sp³-hybridized carbons (Fsp3) is 0.588. The minimum atomic E-state index is 0.177. The number of fused-ring (bicyclic) bond motifs is 1. The van der Waals surface area contributed by atoms with Crippen molar-refractivity contribution in [3.63, 3.8) is 0 Å². The fourth-order valence-electron chi connectivity index (χ4n) is 5.91. The summed E-state index contributed by atoms with van der Waals surface area (Å²) in [6.07, 6.45) is 6.61. The zero-order chi connectivity index (χ0) is 13.5. The van der Waals surface area contributed by atoms with Crippen molar-refractivity contribution >= 4 is 11.6 Å². The van der Waals surface area contributed by atoms with E-state index in [9.17, 15) is 4.79 Å². The number of nitrogens with zero attached hydrogens (tertiary/aromatic N) is 1. The van der Waals surface area contributed by atoms with Gasteiger partial charge in [0.2, 0.25) is 0 Å². The number of nitrogens with two attached hydrogens (primary N) is 1. The van der Waals surface area contributed by atoms with Gasteiger partial charge < -0.3 is 10.6 Å². The SMILES string of the molecule is Nc1cccc2c1CN(C13CC4CC(CC1C4)C3)C2=O. The lowest BCUT2D eigenvalue weighted by Crippen LogP contribution is -2.49. The minimum Gasteiger partial charge on any atom is -0.398 e. The van der Waals surface area contributed by atoms with Gasteiger partial charge in [0.25, 0.3) is 5.91 Å². The van der Waals surface area contributed by atoms with Gasteiger partial charge in [-0.05, 0) is 62.0 Å². The molecule has 2 atom stereocenters. The predicted octanol–water partition coefficient (Wildman–Crippen LogP) is 2.80. The number of amides is 1. The molecule has 0 aromatic heterocycles. The van der Waals surface area contributed by atoms with Crippen LogP contribution in [0.4, 0.5) is 5.69 Å². The highest BCUT2D eigenvalue weighted by molar-refractivity contribution is 6.00. The Morgan fingerprint density at radius 2 is 1.90 bits per heavy atom. The Morgan fingerprint density at radius 1 is 1.15 bits per heavy atom. The summed E-state index contributed by atoms with van der Waals surface area (Å²) in [6, 6.07) is 5.78. The van der Waals surface area contributed by atoms with Crippen LogP contribution in [0.3, 0.4) is 0 Å². The molecular weight excluding hydrogens is 248 g/mol. The van der Waals surface area contributed by atoms with E-state index in [1.165, 1.54) is 32.1 Å². The van der Waals surface area contributed by atoms with Gasteiger partial charge in [-0.2, -0.15) is 0 Å². The van der Waals surface area contributed by atoms with E-state index >= 15 is 0 Å². The fourth-order valence-corrected chi connectivity index (χ4v) is 5.91. The third-order valence-electron chi connectivity index (χ3n) is 6.49. The molecule has 0 radical (unpaired) electrons. The van der Waals surface area contributed by atoms with Gasteiger partial charge >= 0.3 is 0 Å². The normalized spacial score (nSPS) is 40.7. The van der Waals surface area contributed by atoms with Gasteiger partial charge in [0.1, 0.15) is 0 Å². The molecule has 104 valence electrons. The molecule has 1 heterocycles. The maximum Gasteiger partial charge on any atom is 0.255 e. The predicted molar refractivity (Wildman–Crippen MR) is 77.0 cm³/mol. The summed E-state index contributed by atoms with van der Waals surface area (Å²) in [5.41, 5.74) is 8.97. The largest absolute Gasteiger partial charge is 0.398 e. The summed E-state index contributed by atoms with van der Waals surface area (Å²) in [7, 11) is 0. The Bertz CT molecular complexity index is 609. The number of benzene rings is 1. The molecule has 4 aliphatic carbocycles. The lowest BCUT2D eigenvalue weighted by molar-refractivity contribution is 0.0380. The van der Waals surface area contributed by atoms with Crippen molar-refractivity contribution in [1.82, 2.24) is 4.90 Å². The third kappa shape index (κ3) is 1.16. The number of rotatable bonds is 1. The van der Waals surface area contributed by atoms with E-state index in [0.29, 0.717) is 0 Å². The van der Waals surface area contributed by atoms with Gasteiger partial charge in [-0.15, -0.1) is 0 Å². The number of carbonyl (C=O) groups excluding carboxylic acids is 1. The lowest BCUT2D eigenvalue weighted by atomic mass is 9.80. The molecule has 1 amide bonds. The monoisotopic (exact) mass is 268 g/mol. The molecule has 2 unspecified atom stereocenters. The van der Waals surface area contributed by atoms with Crippen molar-refractivity contribution < 1.29 is 4.79 Å². The van der Waals surface area contributed by atoms with Crippen LogP contribution in [0.2, 0.25) is 0 Å². The standard InChI is InChI=1S/C17H20N2O/c18-15-3-1-2-13-14(15)9-19(16(13)20)17-7-10-4-11(8-17)6-12(17)5-10/h1-3,10-12H,4-9,18H2. The second-order valence-corrected chi connectivity index (χ2v) is 7.41. The van der Waals surface area contributed by atoms with E-state index in [1.54, 1.807) is 0 Å². The van der Waals surface area contributed by atoms with E-state index in [0.717, 1.165) is 41.1 Å². The van der Waals surface area contributed by atoms with Gasteiger partial charge in [0.15, 0.2) is 0 Å². The summed E-state index contributed by atoms with van der Waals surface area (Å²) in [6.45, 7) is 0.747. The van der Waals surface area contributed by atoms with Crippen LogP contribution in [0.1, 0.15) is 48.0 Å². The van der Waals surface area contributed by atoms with Gasteiger partial charge in [-0.1, -0.05) is 6.07 Å². The van der Waals surface area contributed by atoms with Gasteiger partial charge in [-0.3, -0.25) is 4.79 Å². The van der Waals surface area contributed by atoms with E-state index in [-0.39, 0.29) is 11.4 Å². The van der Waals surface area contributed by atoms with Crippen molar-refractivity contribution in [2.75, 3.05) is 5.73 Å². The molecular formula is C17H20N2O. The molecule has 0 saturated heterocycles. The molecule has 5 aliphatic rings. The molecule has 6 rings (SSSR count). The molecule has 0 spiro atoms. The first-order valence-electron chi connectivity index (χ1n) is 7.87. The molecule has 3 heteroatoms. The zero-order valence-corrected chi connectivity index (χ0v) is 11.6. The van der Waals surface area contributed by atoms with E-state index in [2.05, 4.69) is 4.90 Å². The Kier molecular flexibility index (Phi) is 1.89. The number of hydrogen-bond acceptors (Lipinski definition) is 2. The van der Waals surface area contributed by atoms with Crippen molar-refractivity contribution in [3.8, 4) is 0 Å². The first-order valence-corrected chi connectivity index (χ1v) is 7.87. The van der Waals surface area contributed by atoms with Crippen LogP contribution in [-0.2, 0) is 6.54 Å². The summed E-state index contributed by atoms with van der Waals surface area (Å²) < 4.78 is 0. The van der Waals surface area contributed by atoms with Crippen molar-refractivity contribution in [1.29, 1.82) is 0 Å². The van der Waals surface area contributed by atoms with Crippen LogP contribution in [0.5, 0.6) is 0 Å². The topological polar surface area (TPSA) is 46.3 Å². The van der Waals surface area contributed by atoms with Crippen molar-refractivity contribution in [2.45, 2.75) is 44.2 Å². The second kappa shape index (κ2) is 3.38. The first kappa shape index (κ1) is 11.2. The zero-order valence-electron chi connectivity index (χ0n) is 11.6. The Hall–Kier alpha value is -1.51. The lowest BCUT2D eigenvalue weighted by Gasteiger charge is -2.41. The molecule has 1 aromatic carbocycles. The first-order chi connectivity index (χ1) is 9.67. The number of anilines is 1. The van der Waals surface area contributed by atoms with Gasteiger partial charge in [-0.25, -0.2) is 0 Å². The molecule has 4 bridgehead atoms. The molecule has 1 aliphatic heterocycles. The van der Waals surface area contributed by atoms with Crippen molar-refractivity contribution in [2.24, 2.45) is 17.8 Å². The summed E-state index contributed by atoms with van der Waals surface area (Å²) in [5, 5.41) is 0. The van der Waals surface area contributed by atoms with Crippen LogP contribution in [0.15, 0.2) is 18.2 Å². The molecule has 4 saturated carbocycles. The highest BCUT2D eigenvalue weighted by Crippen LogP contribution is 2.63. The van der Waals surface area contributed by atoms with Crippen LogP contribution in [0, 0.1) is 17.8 Å². The molecule has 4 fully saturated rings. The van der Waals surface area contributed by atoms with Gasteiger partial charge in [0.05, 0.1) is 0 Å². The van der Waals surface area contributed by atoms with Crippen LogP contribution in [-0.4, -0.2) is 16.3 Å². The quantitative estimate of drug-likeness (QED) is 0.796. The van der Waals surface area contributed by atoms with E-state index in [4.69, 9.17) is 5.73 Å². The van der Waals surface area contributed by atoms with E-state index in [1.807, 2.05) is 18.2 Å². The van der Waals surface area contributed by atoms with Crippen molar-refractivity contribution in [3.05, 3.63) is 29.3 Å². The second-order valence-electron chi connectivity index (χ2n) is 7.41. The molecule has 2 N–H and O–H groups in total. The number of hydrogen-bond donors (Lipinski definition) is 1.